The molecule has 0 bridgehead atoms. The van der Waals surface area contributed by atoms with Crippen molar-refractivity contribution in [3.63, 3.8) is 0 Å². The Morgan fingerprint density at radius 2 is 2.00 bits per heavy atom. The SMILES string of the molecule is CCC(O[P+](=O)C(C)O)c1ccccc1. The molecule has 4 heteroatoms. The smallest absolute Gasteiger partial charge is 0.349 e. The van der Waals surface area contributed by atoms with E-state index in [-0.39, 0.29) is 6.10 Å². The van der Waals surface area contributed by atoms with E-state index < -0.39 is 13.9 Å². The topological polar surface area (TPSA) is 46.5 Å². The van der Waals surface area contributed by atoms with Gasteiger partial charge in [-0.1, -0.05) is 37.3 Å². The molecule has 0 aliphatic rings. The Balaban J connectivity index is 2.69. The monoisotopic (exact) mass is 227 g/mol. The predicted molar refractivity (Wildman–Crippen MR) is 59.8 cm³/mol. The van der Waals surface area contributed by atoms with Crippen LogP contribution >= 0.6 is 8.03 Å². The number of aliphatic hydroxyl groups excluding tert-OH is 1. The number of aliphatic hydroxyl groups is 1. The van der Waals surface area contributed by atoms with E-state index in [2.05, 4.69) is 0 Å². The summed E-state index contributed by atoms with van der Waals surface area (Å²) in [5.74, 6) is -0.919. The van der Waals surface area contributed by atoms with Crippen molar-refractivity contribution in [1.29, 1.82) is 0 Å². The summed E-state index contributed by atoms with van der Waals surface area (Å²) in [6, 6.07) is 9.61. The maximum Gasteiger partial charge on any atom is 0.540 e. The number of rotatable bonds is 5. The molecule has 3 atom stereocenters. The molecule has 1 aromatic carbocycles. The lowest BCUT2D eigenvalue weighted by molar-refractivity contribution is 0.180. The first-order chi connectivity index (χ1) is 7.15. The van der Waals surface area contributed by atoms with Crippen LogP contribution in [0.5, 0.6) is 0 Å². The van der Waals surface area contributed by atoms with Crippen LogP contribution in [0.2, 0.25) is 0 Å². The van der Waals surface area contributed by atoms with Crippen LogP contribution in [-0.2, 0) is 9.09 Å². The van der Waals surface area contributed by atoms with Gasteiger partial charge in [0.2, 0.25) is 0 Å². The predicted octanol–water partition coefficient (Wildman–Crippen LogP) is 3.24. The van der Waals surface area contributed by atoms with E-state index in [4.69, 9.17) is 9.63 Å². The van der Waals surface area contributed by atoms with Crippen LogP contribution in [0.4, 0.5) is 0 Å². The molecule has 82 valence electrons. The number of hydrogen-bond acceptors (Lipinski definition) is 3. The van der Waals surface area contributed by atoms with Gasteiger partial charge in [-0.2, -0.15) is 0 Å². The zero-order chi connectivity index (χ0) is 11.3. The molecule has 0 aliphatic carbocycles. The normalized spacial score (nSPS) is 15.8. The van der Waals surface area contributed by atoms with Crippen LogP contribution in [0.25, 0.3) is 0 Å². The second-order valence-corrected chi connectivity index (χ2v) is 4.86. The van der Waals surface area contributed by atoms with Gasteiger partial charge in [-0.05, 0) is 16.5 Å². The second kappa shape index (κ2) is 5.96. The number of benzene rings is 1. The van der Waals surface area contributed by atoms with E-state index in [0.29, 0.717) is 0 Å². The van der Waals surface area contributed by atoms with Gasteiger partial charge in [0.1, 0.15) is 6.10 Å². The van der Waals surface area contributed by atoms with E-state index in [1.165, 1.54) is 6.92 Å². The summed E-state index contributed by atoms with van der Waals surface area (Å²) in [6.45, 7) is 3.43. The maximum atomic E-state index is 11.4. The highest BCUT2D eigenvalue weighted by Gasteiger charge is 2.30. The van der Waals surface area contributed by atoms with Crippen molar-refractivity contribution in [2.75, 3.05) is 0 Å². The van der Waals surface area contributed by atoms with Gasteiger partial charge in [-0.15, -0.1) is 4.52 Å². The van der Waals surface area contributed by atoms with Crippen LogP contribution in [0.1, 0.15) is 31.9 Å². The molecule has 1 rings (SSSR count). The lowest BCUT2D eigenvalue weighted by Crippen LogP contribution is -2.02. The Bertz CT molecular complexity index is 311. The lowest BCUT2D eigenvalue weighted by Gasteiger charge is -2.08. The molecule has 0 spiro atoms. The first-order valence-electron chi connectivity index (χ1n) is 5.01. The fraction of sp³-hybridized carbons (Fsp3) is 0.455. The molecule has 3 nitrogen and oxygen atoms in total. The molecule has 15 heavy (non-hydrogen) atoms. The molecule has 0 aromatic heterocycles. The van der Waals surface area contributed by atoms with Crippen molar-refractivity contribution in [2.24, 2.45) is 0 Å². The molecule has 0 radical (unpaired) electrons. The van der Waals surface area contributed by atoms with E-state index >= 15 is 0 Å². The molecule has 0 saturated carbocycles. The van der Waals surface area contributed by atoms with Crippen LogP contribution in [0.15, 0.2) is 30.3 Å². The fourth-order valence-corrected chi connectivity index (χ4v) is 1.95. The Labute approximate surface area is 91.0 Å². The van der Waals surface area contributed by atoms with Gasteiger partial charge in [-0.25, -0.2) is 0 Å². The first kappa shape index (κ1) is 12.3. The Morgan fingerprint density at radius 1 is 1.40 bits per heavy atom. The highest BCUT2D eigenvalue weighted by atomic mass is 31.1. The lowest BCUT2D eigenvalue weighted by atomic mass is 10.1. The molecule has 0 saturated heterocycles. The van der Waals surface area contributed by atoms with Gasteiger partial charge in [0, 0.05) is 6.92 Å². The molecular weight excluding hydrogens is 211 g/mol. The van der Waals surface area contributed by atoms with Gasteiger partial charge in [-0.3, -0.25) is 0 Å². The van der Waals surface area contributed by atoms with Gasteiger partial charge in [0.05, 0.1) is 0 Å². The molecule has 0 heterocycles. The minimum Gasteiger partial charge on any atom is -0.349 e. The third kappa shape index (κ3) is 3.71. The third-order valence-electron chi connectivity index (χ3n) is 2.08. The van der Waals surface area contributed by atoms with E-state index in [9.17, 15) is 4.57 Å². The molecule has 3 unspecified atom stereocenters. The molecule has 0 amide bonds. The minimum absolute atomic E-state index is 0.204. The van der Waals surface area contributed by atoms with Crippen molar-refractivity contribution in [3.05, 3.63) is 35.9 Å². The highest BCUT2D eigenvalue weighted by Crippen LogP contribution is 2.36. The van der Waals surface area contributed by atoms with Gasteiger partial charge in [0.15, 0.2) is 0 Å². The fourth-order valence-electron chi connectivity index (χ4n) is 1.25. The second-order valence-electron chi connectivity index (χ2n) is 3.33. The third-order valence-corrected chi connectivity index (χ3v) is 3.15. The zero-order valence-electron chi connectivity index (χ0n) is 8.96. The zero-order valence-corrected chi connectivity index (χ0v) is 9.85. The largest absolute Gasteiger partial charge is 0.540 e. The van der Waals surface area contributed by atoms with Crippen molar-refractivity contribution in [2.45, 2.75) is 32.2 Å². The first-order valence-corrected chi connectivity index (χ1v) is 6.26. The van der Waals surface area contributed by atoms with Crippen molar-refractivity contribution in [3.8, 4) is 0 Å². The van der Waals surface area contributed by atoms with Crippen molar-refractivity contribution >= 4 is 8.03 Å². The summed E-state index contributed by atoms with van der Waals surface area (Å²) in [5.41, 5.74) is 0.990. The van der Waals surface area contributed by atoms with Gasteiger partial charge >= 0.3 is 8.03 Å². The van der Waals surface area contributed by atoms with Crippen molar-refractivity contribution in [1.82, 2.24) is 0 Å². The summed E-state index contributed by atoms with van der Waals surface area (Å²) >= 11 is 0. The van der Waals surface area contributed by atoms with E-state index in [1.54, 1.807) is 0 Å². The highest BCUT2D eigenvalue weighted by molar-refractivity contribution is 7.39. The molecule has 1 N–H and O–H groups in total. The van der Waals surface area contributed by atoms with Crippen molar-refractivity contribution < 1.29 is 14.2 Å². The van der Waals surface area contributed by atoms with Gasteiger partial charge in [0.25, 0.3) is 5.85 Å². The summed E-state index contributed by atoms with van der Waals surface area (Å²) < 4.78 is 16.7. The Morgan fingerprint density at radius 3 is 2.47 bits per heavy atom. The van der Waals surface area contributed by atoms with Crippen LogP contribution in [-0.4, -0.2) is 11.0 Å². The minimum atomic E-state index is -2.00. The summed E-state index contributed by atoms with van der Waals surface area (Å²) in [6.07, 6.45) is 0.530. The molecule has 1 aromatic rings. The maximum absolute atomic E-state index is 11.4. The van der Waals surface area contributed by atoms with E-state index in [1.807, 2.05) is 37.3 Å². The van der Waals surface area contributed by atoms with Gasteiger partial charge < -0.3 is 5.11 Å². The summed E-state index contributed by atoms with van der Waals surface area (Å²) in [4.78, 5) is 0. The average molecular weight is 227 g/mol. The molecule has 0 aliphatic heterocycles. The average Bonchev–Trinajstić information content (AvgIpc) is 2.26. The van der Waals surface area contributed by atoms with Crippen LogP contribution in [0.3, 0.4) is 0 Å². The quantitative estimate of drug-likeness (QED) is 0.785. The Kier molecular flexibility index (Phi) is 4.89. The summed E-state index contributed by atoms with van der Waals surface area (Å²) in [5, 5.41) is 9.10. The summed E-state index contributed by atoms with van der Waals surface area (Å²) in [7, 11) is -2.00. The van der Waals surface area contributed by atoms with Crippen LogP contribution in [0, 0.1) is 0 Å². The molecular formula is C11H16O3P+. The van der Waals surface area contributed by atoms with E-state index in [0.717, 1.165) is 12.0 Å². The van der Waals surface area contributed by atoms with Crippen LogP contribution < -0.4 is 0 Å². The standard InChI is InChI=1S/C11H16O3P/c1-3-11(14-15(13)9(2)12)10-7-5-4-6-8-10/h4-9,11-12H,3H2,1-2H3/q+1. The number of hydrogen-bond donors (Lipinski definition) is 1. The Hall–Kier alpha value is -0.760. The molecule has 0 fully saturated rings.